The molecule has 0 radical (unpaired) electrons. The molecule has 94 valence electrons. The molecule has 16 heavy (non-hydrogen) atoms. The summed E-state index contributed by atoms with van der Waals surface area (Å²) >= 11 is 0. The van der Waals surface area contributed by atoms with Crippen molar-refractivity contribution in [2.75, 3.05) is 33.7 Å². The molecule has 1 saturated heterocycles. The van der Waals surface area contributed by atoms with Crippen molar-refractivity contribution in [2.24, 2.45) is 5.92 Å². The molecule has 1 heterocycles. The number of carbonyl (C=O) groups excluding carboxylic acids is 1. The molecular weight excluding hydrogens is 202 g/mol. The number of piperazine rings is 1. The van der Waals surface area contributed by atoms with Gasteiger partial charge in [0.1, 0.15) is 6.04 Å². The second kappa shape index (κ2) is 5.64. The number of amides is 1. The van der Waals surface area contributed by atoms with Crippen molar-refractivity contribution in [3.8, 4) is 0 Å². The van der Waals surface area contributed by atoms with Crippen LogP contribution in [0, 0.1) is 5.92 Å². The molecule has 0 spiro atoms. The van der Waals surface area contributed by atoms with Gasteiger partial charge in [-0.3, -0.25) is 9.69 Å². The highest BCUT2D eigenvalue weighted by Crippen LogP contribution is 2.17. The van der Waals surface area contributed by atoms with Crippen LogP contribution in [-0.4, -0.2) is 61.5 Å². The highest BCUT2D eigenvalue weighted by atomic mass is 16.2. The third-order valence-electron chi connectivity index (χ3n) is 3.14. The van der Waals surface area contributed by atoms with E-state index in [0.717, 1.165) is 19.6 Å². The van der Waals surface area contributed by atoms with Gasteiger partial charge in [-0.1, -0.05) is 13.8 Å². The third-order valence-corrected chi connectivity index (χ3v) is 3.14. The molecule has 0 aromatic rings. The third kappa shape index (κ3) is 2.95. The Hall–Kier alpha value is -0.610. The van der Waals surface area contributed by atoms with Crippen LogP contribution in [0.1, 0.15) is 20.8 Å². The average Bonchev–Trinajstić information content (AvgIpc) is 2.19. The maximum absolute atomic E-state index is 12.1. The molecule has 1 aliphatic rings. The minimum atomic E-state index is 0.00106. The zero-order chi connectivity index (χ0) is 12.3. The smallest absolute Gasteiger partial charge is 0.241 e. The molecule has 2 atom stereocenters. The lowest BCUT2D eigenvalue weighted by atomic mass is 10.0. The summed E-state index contributed by atoms with van der Waals surface area (Å²) in [5.74, 6) is 0.839. The van der Waals surface area contributed by atoms with E-state index >= 15 is 0 Å². The lowest BCUT2D eigenvalue weighted by molar-refractivity contribution is -0.143. The molecule has 0 saturated carbocycles. The molecule has 1 N–H and O–H groups in total. The fourth-order valence-electron chi connectivity index (χ4n) is 2.42. The van der Waals surface area contributed by atoms with Gasteiger partial charge in [0.15, 0.2) is 0 Å². The summed E-state index contributed by atoms with van der Waals surface area (Å²) in [5.41, 5.74) is 0. The molecule has 0 aliphatic carbocycles. The van der Waals surface area contributed by atoms with Gasteiger partial charge in [0.05, 0.1) is 0 Å². The SMILES string of the molecule is CNCC1C(=O)N(C)CC(C)N1CC(C)C. The molecule has 4 nitrogen and oxygen atoms in total. The topological polar surface area (TPSA) is 35.6 Å². The van der Waals surface area contributed by atoms with Crippen LogP contribution >= 0.6 is 0 Å². The van der Waals surface area contributed by atoms with Crippen LogP contribution in [0.2, 0.25) is 0 Å². The fourth-order valence-corrected chi connectivity index (χ4v) is 2.42. The molecule has 0 aromatic carbocycles. The normalized spacial score (nSPS) is 27.9. The highest BCUT2D eigenvalue weighted by Gasteiger charge is 2.36. The van der Waals surface area contributed by atoms with Gasteiger partial charge in [0, 0.05) is 32.7 Å². The molecule has 1 amide bonds. The van der Waals surface area contributed by atoms with E-state index in [2.05, 4.69) is 31.0 Å². The van der Waals surface area contributed by atoms with Crippen LogP contribution in [0.5, 0.6) is 0 Å². The van der Waals surface area contributed by atoms with E-state index in [4.69, 9.17) is 0 Å². The maximum atomic E-state index is 12.1. The van der Waals surface area contributed by atoms with Crippen LogP contribution in [0.15, 0.2) is 0 Å². The van der Waals surface area contributed by atoms with E-state index in [1.54, 1.807) is 0 Å². The molecule has 1 aliphatic heterocycles. The molecule has 2 unspecified atom stereocenters. The van der Waals surface area contributed by atoms with Gasteiger partial charge in [-0.2, -0.15) is 0 Å². The quantitative estimate of drug-likeness (QED) is 0.755. The van der Waals surface area contributed by atoms with E-state index in [1.807, 2.05) is 19.0 Å². The van der Waals surface area contributed by atoms with Crippen molar-refractivity contribution < 1.29 is 4.79 Å². The Morgan fingerprint density at radius 3 is 2.62 bits per heavy atom. The van der Waals surface area contributed by atoms with Gasteiger partial charge in [0.25, 0.3) is 0 Å². The van der Waals surface area contributed by atoms with Gasteiger partial charge < -0.3 is 10.2 Å². The molecule has 0 aromatic heterocycles. The van der Waals surface area contributed by atoms with E-state index < -0.39 is 0 Å². The highest BCUT2D eigenvalue weighted by molar-refractivity contribution is 5.82. The number of nitrogens with zero attached hydrogens (tertiary/aromatic N) is 2. The summed E-state index contributed by atoms with van der Waals surface area (Å²) in [5, 5.41) is 3.12. The summed E-state index contributed by atoms with van der Waals surface area (Å²) in [6.07, 6.45) is 0. The van der Waals surface area contributed by atoms with Crippen LogP contribution in [0.4, 0.5) is 0 Å². The van der Waals surface area contributed by atoms with Crippen LogP contribution in [-0.2, 0) is 4.79 Å². The zero-order valence-electron chi connectivity index (χ0n) is 11.2. The number of rotatable bonds is 4. The summed E-state index contributed by atoms with van der Waals surface area (Å²) in [6.45, 7) is 9.17. The Balaban J connectivity index is 2.78. The Bertz CT molecular complexity index is 242. The largest absolute Gasteiger partial charge is 0.343 e. The standard InChI is InChI=1S/C12H25N3O/c1-9(2)7-15-10(3)8-14(5)12(16)11(15)6-13-4/h9-11,13H,6-8H2,1-5H3. The van der Waals surface area contributed by atoms with Gasteiger partial charge in [-0.15, -0.1) is 0 Å². The predicted molar refractivity (Wildman–Crippen MR) is 66.4 cm³/mol. The first kappa shape index (κ1) is 13.5. The zero-order valence-corrected chi connectivity index (χ0v) is 11.2. The van der Waals surface area contributed by atoms with Crippen molar-refractivity contribution in [3.63, 3.8) is 0 Å². The van der Waals surface area contributed by atoms with Crippen LogP contribution in [0.3, 0.4) is 0 Å². The molecular formula is C12H25N3O. The monoisotopic (exact) mass is 227 g/mol. The first-order valence-corrected chi connectivity index (χ1v) is 6.12. The number of hydrogen-bond acceptors (Lipinski definition) is 3. The van der Waals surface area contributed by atoms with Crippen molar-refractivity contribution in [1.29, 1.82) is 0 Å². The molecule has 1 fully saturated rings. The Kier molecular flexibility index (Phi) is 4.74. The van der Waals surface area contributed by atoms with E-state index in [0.29, 0.717) is 12.0 Å². The molecule has 1 rings (SSSR count). The summed E-state index contributed by atoms with van der Waals surface area (Å²) in [4.78, 5) is 16.3. The lowest BCUT2D eigenvalue weighted by Gasteiger charge is -2.44. The minimum absolute atomic E-state index is 0.00106. The summed E-state index contributed by atoms with van der Waals surface area (Å²) in [7, 11) is 3.80. The van der Waals surface area contributed by atoms with Gasteiger partial charge in [-0.25, -0.2) is 0 Å². The van der Waals surface area contributed by atoms with Gasteiger partial charge in [0.2, 0.25) is 5.91 Å². The number of hydrogen-bond donors (Lipinski definition) is 1. The minimum Gasteiger partial charge on any atom is -0.343 e. The second-order valence-corrected chi connectivity index (χ2v) is 5.23. The van der Waals surface area contributed by atoms with E-state index in [-0.39, 0.29) is 11.9 Å². The summed E-state index contributed by atoms with van der Waals surface area (Å²) < 4.78 is 0. The van der Waals surface area contributed by atoms with Gasteiger partial charge >= 0.3 is 0 Å². The summed E-state index contributed by atoms with van der Waals surface area (Å²) in [6, 6.07) is 0.449. The fraction of sp³-hybridized carbons (Fsp3) is 0.917. The van der Waals surface area contributed by atoms with Crippen molar-refractivity contribution in [2.45, 2.75) is 32.9 Å². The van der Waals surface area contributed by atoms with Crippen LogP contribution in [0.25, 0.3) is 0 Å². The molecule has 4 heteroatoms. The van der Waals surface area contributed by atoms with E-state index in [1.165, 1.54) is 0 Å². The Labute approximate surface area is 99.0 Å². The molecule has 0 bridgehead atoms. The average molecular weight is 227 g/mol. The predicted octanol–water partition coefficient (Wildman–Crippen LogP) is 0.393. The number of likely N-dealkylation sites (N-methyl/N-ethyl adjacent to an activating group) is 2. The maximum Gasteiger partial charge on any atom is 0.241 e. The lowest BCUT2D eigenvalue weighted by Crippen LogP contribution is -2.63. The number of carbonyl (C=O) groups is 1. The Morgan fingerprint density at radius 2 is 2.12 bits per heavy atom. The van der Waals surface area contributed by atoms with Crippen molar-refractivity contribution in [3.05, 3.63) is 0 Å². The first-order chi connectivity index (χ1) is 7.47. The second-order valence-electron chi connectivity index (χ2n) is 5.23. The first-order valence-electron chi connectivity index (χ1n) is 6.12. The Morgan fingerprint density at radius 1 is 1.50 bits per heavy atom. The van der Waals surface area contributed by atoms with Gasteiger partial charge in [-0.05, 0) is 19.9 Å². The number of nitrogens with one attached hydrogen (secondary N) is 1. The van der Waals surface area contributed by atoms with Crippen molar-refractivity contribution >= 4 is 5.91 Å². The van der Waals surface area contributed by atoms with Crippen LogP contribution < -0.4 is 5.32 Å². The van der Waals surface area contributed by atoms with Crippen molar-refractivity contribution in [1.82, 2.24) is 15.1 Å². The van der Waals surface area contributed by atoms with E-state index in [9.17, 15) is 4.79 Å².